The van der Waals surface area contributed by atoms with E-state index in [9.17, 15) is 14.9 Å². The standard InChI is InChI=1S/C20H20N4O4/c1-14-8-9-16(24(26)27)17(12-14)28-13-18(25)22-19(15-6-4-3-5-7-15)20-21-10-11-23(20)2/h3-12,19H,13H2,1-2H3,(H,22,25). The molecule has 3 aromatic rings. The van der Waals surface area contributed by atoms with Crippen molar-refractivity contribution in [2.24, 2.45) is 7.05 Å². The highest BCUT2D eigenvalue weighted by Crippen LogP contribution is 2.27. The highest BCUT2D eigenvalue weighted by atomic mass is 16.6. The second-order valence-corrected chi connectivity index (χ2v) is 6.32. The van der Waals surface area contributed by atoms with Crippen LogP contribution in [0.4, 0.5) is 5.69 Å². The molecular formula is C20H20N4O4. The fourth-order valence-electron chi connectivity index (χ4n) is 2.83. The molecule has 1 atom stereocenters. The van der Waals surface area contributed by atoms with Crippen LogP contribution in [-0.4, -0.2) is 27.0 Å². The van der Waals surface area contributed by atoms with Crippen molar-refractivity contribution in [3.05, 3.63) is 88.0 Å². The number of hydrogen-bond acceptors (Lipinski definition) is 5. The lowest BCUT2D eigenvalue weighted by molar-refractivity contribution is -0.385. The Hall–Kier alpha value is -3.68. The molecule has 0 saturated heterocycles. The van der Waals surface area contributed by atoms with Gasteiger partial charge in [0.25, 0.3) is 5.91 Å². The van der Waals surface area contributed by atoms with E-state index in [1.165, 1.54) is 6.07 Å². The first-order chi connectivity index (χ1) is 13.5. The van der Waals surface area contributed by atoms with Crippen LogP contribution in [0.5, 0.6) is 5.75 Å². The maximum Gasteiger partial charge on any atom is 0.310 e. The number of nitro benzene ring substituents is 1. The Morgan fingerprint density at radius 3 is 2.68 bits per heavy atom. The SMILES string of the molecule is Cc1ccc([N+](=O)[O-])c(OCC(=O)NC(c2ccccc2)c2nccn2C)c1. The smallest absolute Gasteiger partial charge is 0.310 e. The van der Waals surface area contributed by atoms with E-state index in [1.54, 1.807) is 31.5 Å². The van der Waals surface area contributed by atoms with E-state index in [-0.39, 0.29) is 18.0 Å². The van der Waals surface area contributed by atoms with Crippen LogP contribution >= 0.6 is 0 Å². The van der Waals surface area contributed by atoms with Crippen LogP contribution in [0, 0.1) is 17.0 Å². The van der Waals surface area contributed by atoms with Gasteiger partial charge in [0.05, 0.1) is 4.92 Å². The van der Waals surface area contributed by atoms with Crippen molar-refractivity contribution >= 4 is 11.6 Å². The van der Waals surface area contributed by atoms with E-state index in [0.717, 1.165) is 11.1 Å². The third-order valence-corrected chi connectivity index (χ3v) is 4.23. The van der Waals surface area contributed by atoms with Gasteiger partial charge in [-0.05, 0) is 24.1 Å². The monoisotopic (exact) mass is 380 g/mol. The summed E-state index contributed by atoms with van der Waals surface area (Å²) < 4.78 is 7.27. The molecule has 144 valence electrons. The van der Waals surface area contributed by atoms with Gasteiger partial charge < -0.3 is 14.6 Å². The van der Waals surface area contributed by atoms with E-state index in [0.29, 0.717) is 5.82 Å². The number of nitrogens with zero attached hydrogens (tertiary/aromatic N) is 3. The summed E-state index contributed by atoms with van der Waals surface area (Å²) in [4.78, 5) is 27.5. The number of rotatable bonds is 7. The minimum atomic E-state index is -0.534. The number of imidazole rings is 1. The number of hydrogen-bond donors (Lipinski definition) is 1. The van der Waals surface area contributed by atoms with Crippen molar-refractivity contribution in [2.75, 3.05) is 6.61 Å². The molecule has 1 unspecified atom stereocenters. The van der Waals surface area contributed by atoms with Crippen molar-refractivity contribution in [3.8, 4) is 5.75 Å². The molecule has 0 aliphatic heterocycles. The first kappa shape index (κ1) is 19.1. The number of ether oxygens (including phenoxy) is 1. The maximum atomic E-state index is 12.5. The van der Waals surface area contributed by atoms with E-state index < -0.39 is 16.9 Å². The van der Waals surface area contributed by atoms with Gasteiger partial charge in [0, 0.05) is 25.5 Å². The average molecular weight is 380 g/mol. The molecule has 8 nitrogen and oxygen atoms in total. The number of nitrogens with one attached hydrogen (secondary N) is 1. The minimum absolute atomic E-state index is 0.0633. The van der Waals surface area contributed by atoms with Crippen LogP contribution in [-0.2, 0) is 11.8 Å². The van der Waals surface area contributed by atoms with Gasteiger partial charge in [0.2, 0.25) is 0 Å². The number of nitro groups is 1. The molecule has 1 amide bonds. The summed E-state index contributed by atoms with van der Waals surface area (Å²) in [5.74, 6) is 0.321. The number of carbonyl (C=O) groups excluding carboxylic acids is 1. The van der Waals surface area contributed by atoms with Gasteiger partial charge in [-0.25, -0.2) is 4.98 Å². The molecule has 28 heavy (non-hydrogen) atoms. The molecule has 1 aromatic heterocycles. The first-order valence-electron chi connectivity index (χ1n) is 8.65. The van der Waals surface area contributed by atoms with Gasteiger partial charge in [-0.1, -0.05) is 36.4 Å². The predicted octanol–water partition coefficient (Wildman–Crippen LogP) is 2.92. The number of aromatic nitrogens is 2. The summed E-state index contributed by atoms with van der Waals surface area (Å²) in [6.07, 6.45) is 3.45. The summed E-state index contributed by atoms with van der Waals surface area (Å²) >= 11 is 0. The van der Waals surface area contributed by atoms with Gasteiger partial charge in [0.1, 0.15) is 11.9 Å². The molecule has 3 rings (SSSR count). The summed E-state index contributed by atoms with van der Waals surface area (Å²) in [5, 5.41) is 14.0. The van der Waals surface area contributed by atoms with E-state index in [1.807, 2.05) is 41.9 Å². The van der Waals surface area contributed by atoms with Gasteiger partial charge >= 0.3 is 5.69 Å². The molecule has 0 aliphatic carbocycles. The van der Waals surface area contributed by atoms with Gasteiger partial charge in [-0.2, -0.15) is 0 Å². The highest BCUT2D eigenvalue weighted by Gasteiger charge is 2.22. The van der Waals surface area contributed by atoms with Crippen LogP contribution in [0.2, 0.25) is 0 Å². The second kappa shape index (κ2) is 8.34. The topological polar surface area (TPSA) is 99.3 Å². The number of benzene rings is 2. The Morgan fingerprint density at radius 2 is 2.04 bits per heavy atom. The lowest BCUT2D eigenvalue weighted by Crippen LogP contribution is -2.34. The Kier molecular flexibility index (Phi) is 5.69. The molecular weight excluding hydrogens is 360 g/mol. The predicted molar refractivity (Wildman–Crippen MR) is 103 cm³/mol. The second-order valence-electron chi connectivity index (χ2n) is 6.32. The van der Waals surface area contributed by atoms with Crippen LogP contribution in [0.3, 0.4) is 0 Å². The molecule has 0 aliphatic rings. The van der Waals surface area contributed by atoms with Crippen LogP contribution < -0.4 is 10.1 Å². The molecule has 0 saturated carbocycles. The molecule has 0 fully saturated rings. The molecule has 0 bridgehead atoms. The Labute approximate surface area is 161 Å². The quantitative estimate of drug-likeness (QED) is 0.502. The number of amides is 1. The molecule has 0 radical (unpaired) electrons. The van der Waals surface area contributed by atoms with E-state index in [2.05, 4.69) is 10.3 Å². The maximum absolute atomic E-state index is 12.5. The van der Waals surface area contributed by atoms with E-state index in [4.69, 9.17) is 4.74 Å². The van der Waals surface area contributed by atoms with Crippen molar-refractivity contribution < 1.29 is 14.5 Å². The summed E-state index contributed by atoms with van der Waals surface area (Å²) in [6.45, 7) is 1.45. The number of carbonyl (C=O) groups is 1. The molecule has 1 N–H and O–H groups in total. The fourth-order valence-corrected chi connectivity index (χ4v) is 2.83. The summed E-state index contributed by atoms with van der Waals surface area (Å²) in [6, 6.07) is 13.5. The zero-order chi connectivity index (χ0) is 20.1. The van der Waals surface area contributed by atoms with Gasteiger partial charge in [0.15, 0.2) is 12.4 Å². The van der Waals surface area contributed by atoms with Crippen LogP contribution in [0.15, 0.2) is 60.9 Å². The van der Waals surface area contributed by atoms with E-state index >= 15 is 0 Å². The summed E-state index contributed by atoms with van der Waals surface area (Å²) in [7, 11) is 1.84. The first-order valence-corrected chi connectivity index (χ1v) is 8.65. The Bertz CT molecular complexity index is 985. The lowest BCUT2D eigenvalue weighted by Gasteiger charge is -2.19. The largest absolute Gasteiger partial charge is 0.477 e. The third-order valence-electron chi connectivity index (χ3n) is 4.23. The van der Waals surface area contributed by atoms with Gasteiger partial charge in [-0.15, -0.1) is 0 Å². The highest BCUT2D eigenvalue weighted by molar-refractivity contribution is 5.78. The molecule has 8 heteroatoms. The van der Waals surface area contributed by atoms with Crippen molar-refractivity contribution in [1.29, 1.82) is 0 Å². The fraction of sp³-hybridized carbons (Fsp3) is 0.200. The lowest BCUT2D eigenvalue weighted by atomic mass is 10.1. The molecule has 0 spiro atoms. The molecule has 2 aromatic carbocycles. The minimum Gasteiger partial charge on any atom is -0.477 e. The van der Waals surface area contributed by atoms with Crippen LogP contribution in [0.25, 0.3) is 0 Å². The Balaban J connectivity index is 1.76. The zero-order valence-electron chi connectivity index (χ0n) is 15.5. The average Bonchev–Trinajstić information content (AvgIpc) is 3.10. The van der Waals surface area contributed by atoms with Gasteiger partial charge in [-0.3, -0.25) is 14.9 Å². The third kappa shape index (κ3) is 4.35. The summed E-state index contributed by atoms with van der Waals surface area (Å²) in [5.41, 5.74) is 1.49. The van der Waals surface area contributed by atoms with Crippen molar-refractivity contribution in [1.82, 2.24) is 14.9 Å². The van der Waals surface area contributed by atoms with Crippen molar-refractivity contribution in [2.45, 2.75) is 13.0 Å². The Morgan fingerprint density at radius 1 is 1.29 bits per heavy atom. The van der Waals surface area contributed by atoms with Crippen molar-refractivity contribution in [3.63, 3.8) is 0 Å². The molecule has 1 heterocycles. The normalized spacial score (nSPS) is 11.6. The zero-order valence-corrected chi connectivity index (χ0v) is 15.5. The number of aryl methyl sites for hydroxylation is 2. The van der Waals surface area contributed by atoms with Crippen LogP contribution in [0.1, 0.15) is 23.0 Å².